The Morgan fingerprint density at radius 1 is 1.03 bits per heavy atom. The van der Waals surface area contributed by atoms with Crippen LogP contribution in [0.2, 0.25) is 0 Å². The number of amides is 3. The quantitative estimate of drug-likeness (QED) is 0.560. The van der Waals surface area contributed by atoms with Gasteiger partial charge in [-0.2, -0.15) is 4.99 Å². The zero-order chi connectivity index (χ0) is 23.8. The molecule has 1 aromatic carbocycles. The standard InChI is InChI=1S/C22H30N4O5S2/c1-4-26-17-8-7-16(30-5-2)13-18(17)33-21(26)23-19(27)14-32-15-20(28)24-9-11-25(12-10-24)22(29)31-6-3/h7-8,13H,4-6,9-12,14-15H2,1-3H3. The molecule has 1 saturated heterocycles. The molecule has 1 aliphatic rings. The number of carbonyl (C=O) groups is 3. The third kappa shape index (κ3) is 6.50. The first kappa shape index (κ1) is 25.1. The Hall–Kier alpha value is -2.53. The van der Waals surface area contributed by atoms with Crippen molar-refractivity contribution in [1.82, 2.24) is 14.4 Å². The van der Waals surface area contributed by atoms with E-state index in [2.05, 4.69) is 4.99 Å². The second-order valence-corrected chi connectivity index (χ2v) is 9.25. The van der Waals surface area contributed by atoms with E-state index in [4.69, 9.17) is 9.47 Å². The van der Waals surface area contributed by atoms with Crippen molar-refractivity contribution in [1.29, 1.82) is 0 Å². The van der Waals surface area contributed by atoms with Gasteiger partial charge in [-0.15, -0.1) is 11.8 Å². The number of thiazole rings is 1. The molecule has 33 heavy (non-hydrogen) atoms. The number of fused-ring (bicyclic) bond motifs is 1. The molecule has 0 atom stereocenters. The van der Waals surface area contributed by atoms with Crippen molar-refractivity contribution in [2.24, 2.45) is 4.99 Å². The predicted octanol–water partition coefficient (Wildman–Crippen LogP) is 2.58. The van der Waals surface area contributed by atoms with Gasteiger partial charge in [0.1, 0.15) is 5.75 Å². The van der Waals surface area contributed by atoms with E-state index in [1.165, 1.54) is 23.1 Å². The molecular weight excluding hydrogens is 464 g/mol. The summed E-state index contributed by atoms with van der Waals surface area (Å²) in [4.78, 5) is 44.9. The number of aryl methyl sites for hydroxylation is 1. The number of rotatable bonds is 8. The highest BCUT2D eigenvalue weighted by Crippen LogP contribution is 2.23. The summed E-state index contributed by atoms with van der Waals surface area (Å²) in [6.45, 7) is 9.20. The Morgan fingerprint density at radius 2 is 1.76 bits per heavy atom. The molecule has 0 saturated carbocycles. The summed E-state index contributed by atoms with van der Waals surface area (Å²) >= 11 is 2.72. The smallest absolute Gasteiger partial charge is 0.409 e. The lowest BCUT2D eigenvalue weighted by molar-refractivity contribution is -0.129. The van der Waals surface area contributed by atoms with Crippen molar-refractivity contribution < 1.29 is 23.9 Å². The number of nitrogens with zero attached hydrogens (tertiary/aromatic N) is 4. The molecule has 3 amide bonds. The van der Waals surface area contributed by atoms with E-state index in [0.717, 1.165) is 16.0 Å². The molecule has 11 heteroatoms. The molecule has 0 N–H and O–H groups in total. The van der Waals surface area contributed by atoms with E-state index in [1.807, 2.05) is 36.6 Å². The predicted molar refractivity (Wildman–Crippen MR) is 130 cm³/mol. The van der Waals surface area contributed by atoms with E-state index in [0.29, 0.717) is 50.7 Å². The number of ether oxygens (including phenoxy) is 2. The minimum Gasteiger partial charge on any atom is -0.494 e. The first-order valence-corrected chi connectivity index (χ1v) is 13.0. The van der Waals surface area contributed by atoms with E-state index < -0.39 is 0 Å². The number of thioether (sulfide) groups is 1. The summed E-state index contributed by atoms with van der Waals surface area (Å²) in [7, 11) is 0. The highest BCUT2D eigenvalue weighted by molar-refractivity contribution is 8.00. The van der Waals surface area contributed by atoms with Gasteiger partial charge in [0.05, 0.1) is 34.9 Å². The van der Waals surface area contributed by atoms with Crippen molar-refractivity contribution in [2.45, 2.75) is 27.3 Å². The summed E-state index contributed by atoms with van der Waals surface area (Å²) in [6, 6.07) is 5.87. The molecule has 1 aliphatic heterocycles. The summed E-state index contributed by atoms with van der Waals surface area (Å²) in [5.74, 6) is 0.837. The molecule has 1 aromatic heterocycles. The van der Waals surface area contributed by atoms with Gasteiger partial charge < -0.3 is 23.8 Å². The van der Waals surface area contributed by atoms with E-state index >= 15 is 0 Å². The molecule has 0 unspecified atom stereocenters. The lowest BCUT2D eigenvalue weighted by atomic mass is 10.3. The molecule has 0 spiro atoms. The fraction of sp³-hybridized carbons (Fsp3) is 0.545. The maximum Gasteiger partial charge on any atom is 0.409 e. The van der Waals surface area contributed by atoms with Crippen LogP contribution in [0.15, 0.2) is 23.2 Å². The lowest BCUT2D eigenvalue weighted by Gasteiger charge is -2.34. The van der Waals surface area contributed by atoms with Gasteiger partial charge in [-0.25, -0.2) is 4.79 Å². The topological polar surface area (TPSA) is 93.4 Å². The van der Waals surface area contributed by atoms with Crippen LogP contribution in [-0.2, 0) is 20.9 Å². The average Bonchev–Trinajstić information content (AvgIpc) is 3.15. The Kier molecular flexibility index (Phi) is 9.19. The van der Waals surface area contributed by atoms with Crippen molar-refractivity contribution in [3.8, 4) is 5.75 Å². The zero-order valence-corrected chi connectivity index (χ0v) is 20.9. The maximum atomic E-state index is 12.5. The van der Waals surface area contributed by atoms with Crippen LogP contribution in [-0.4, -0.2) is 83.2 Å². The molecule has 3 rings (SSSR count). The molecule has 1 fully saturated rings. The summed E-state index contributed by atoms with van der Waals surface area (Å²) in [6.07, 6.45) is -0.342. The monoisotopic (exact) mass is 494 g/mol. The summed E-state index contributed by atoms with van der Waals surface area (Å²) < 4.78 is 13.6. The molecule has 0 bridgehead atoms. The van der Waals surface area contributed by atoms with Crippen molar-refractivity contribution in [3.05, 3.63) is 23.0 Å². The zero-order valence-electron chi connectivity index (χ0n) is 19.2. The van der Waals surface area contributed by atoms with Crippen LogP contribution in [0.4, 0.5) is 4.79 Å². The van der Waals surface area contributed by atoms with Crippen LogP contribution in [0.25, 0.3) is 10.2 Å². The van der Waals surface area contributed by atoms with Gasteiger partial charge in [-0.1, -0.05) is 11.3 Å². The molecule has 0 radical (unpaired) electrons. The molecule has 0 aliphatic carbocycles. The summed E-state index contributed by atoms with van der Waals surface area (Å²) in [5.41, 5.74) is 1.02. The average molecular weight is 495 g/mol. The number of hydrogen-bond acceptors (Lipinski definition) is 7. The van der Waals surface area contributed by atoms with E-state index in [1.54, 1.807) is 16.7 Å². The van der Waals surface area contributed by atoms with Crippen molar-refractivity contribution in [3.63, 3.8) is 0 Å². The third-order valence-electron chi connectivity index (χ3n) is 5.11. The van der Waals surface area contributed by atoms with Gasteiger partial charge in [0.25, 0.3) is 5.91 Å². The van der Waals surface area contributed by atoms with Gasteiger partial charge in [0.2, 0.25) is 5.91 Å². The maximum absolute atomic E-state index is 12.5. The SMILES string of the molecule is CCOC(=O)N1CCN(C(=O)CSCC(=O)N=c2sc3cc(OCC)ccc3n2CC)CC1. The Bertz CT molecular complexity index is 1060. The van der Waals surface area contributed by atoms with Crippen LogP contribution in [0.1, 0.15) is 20.8 Å². The Labute approximate surface area is 201 Å². The van der Waals surface area contributed by atoms with Crippen molar-refractivity contribution >= 4 is 51.2 Å². The fourth-order valence-corrected chi connectivity index (χ4v) is 5.35. The molecule has 180 valence electrons. The van der Waals surface area contributed by atoms with Crippen LogP contribution in [0.5, 0.6) is 5.75 Å². The minimum atomic E-state index is -0.342. The number of aromatic nitrogens is 1. The highest BCUT2D eigenvalue weighted by Gasteiger charge is 2.24. The fourth-order valence-electron chi connectivity index (χ4n) is 3.51. The third-order valence-corrected chi connectivity index (χ3v) is 7.05. The lowest BCUT2D eigenvalue weighted by Crippen LogP contribution is -2.51. The van der Waals surface area contributed by atoms with Crippen LogP contribution < -0.4 is 9.54 Å². The van der Waals surface area contributed by atoms with Gasteiger partial charge in [0.15, 0.2) is 4.80 Å². The number of benzene rings is 1. The van der Waals surface area contributed by atoms with Gasteiger partial charge in [-0.3, -0.25) is 9.59 Å². The molecule has 2 aromatic rings. The first-order chi connectivity index (χ1) is 16.0. The number of carbonyl (C=O) groups excluding carboxylic acids is 3. The summed E-state index contributed by atoms with van der Waals surface area (Å²) in [5, 5.41) is 0. The van der Waals surface area contributed by atoms with Crippen LogP contribution in [0.3, 0.4) is 0 Å². The number of hydrogen-bond donors (Lipinski definition) is 0. The van der Waals surface area contributed by atoms with E-state index in [9.17, 15) is 14.4 Å². The van der Waals surface area contributed by atoms with Crippen molar-refractivity contribution in [2.75, 3.05) is 50.9 Å². The van der Waals surface area contributed by atoms with Crippen LogP contribution >= 0.6 is 23.1 Å². The second-order valence-electron chi connectivity index (χ2n) is 7.26. The number of piperazine rings is 1. The Balaban J connectivity index is 1.53. The molecular formula is C22H30N4O5S2. The highest BCUT2D eigenvalue weighted by atomic mass is 32.2. The van der Waals surface area contributed by atoms with E-state index in [-0.39, 0.29) is 29.4 Å². The van der Waals surface area contributed by atoms with Crippen LogP contribution in [0, 0.1) is 0 Å². The Morgan fingerprint density at radius 3 is 2.42 bits per heavy atom. The van der Waals surface area contributed by atoms with Gasteiger partial charge in [0, 0.05) is 32.7 Å². The molecule has 2 heterocycles. The second kappa shape index (κ2) is 12.1. The van der Waals surface area contributed by atoms with Gasteiger partial charge in [-0.05, 0) is 39.0 Å². The van der Waals surface area contributed by atoms with Gasteiger partial charge >= 0.3 is 6.09 Å². The largest absolute Gasteiger partial charge is 0.494 e. The minimum absolute atomic E-state index is 0.0368. The first-order valence-electron chi connectivity index (χ1n) is 11.1. The molecule has 9 nitrogen and oxygen atoms in total. The normalized spacial score (nSPS) is 14.6.